The van der Waals surface area contributed by atoms with Gasteiger partial charge >= 0.3 is 0 Å². The van der Waals surface area contributed by atoms with Gasteiger partial charge in [0.15, 0.2) is 5.75 Å². The number of amides is 1. The van der Waals surface area contributed by atoms with Crippen LogP contribution in [0.1, 0.15) is 18.9 Å². The second kappa shape index (κ2) is 9.14. The van der Waals surface area contributed by atoms with Crippen LogP contribution < -0.4 is 10.1 Å². The average molecular weight is 391 g/mol. The van der Waals surface area contributed by atoms with E-state index in [4.69, 9.17) is 27.9 Å². The van der Waals surface area contributed by atoms with Crippen LogP contribution >= 0.6 is 23.2 Å². The Labute approximate surface area is 161 Å². The van der Waals surface area contributed by atoms with Gasteiger partial charge in [-0.1, -0.05) is 30.1 Å². The summed E-state index contributed by atoms with van der Waals surface area (Å²) in [5, 5.41) is 21.7. The first-order valence-corrected chi connectivity index (χ1v) is 8.54. The van der Waals surface area contributed by atoms with Crippen molar-refractivity contribution in [3.8, 4) is 17.6 Å². The summed E-state index contributed by atoms with van der Waals surface area (Å²) in [6.07, 6.45) is 2.20. The molecule has 0 aromatic heterocycles. The lowest BCUT2D eigenvalue weighted by molar-refractivity contribution is -0.112. The van der Waals surface area contributed by atoms with Crippen molar-refractivity contribution in [2.24, 2.45) is 0 Å². The number of carbonyl (C=O) groups excluding carboxylic acids is 1. The molecule has 0 aliphatic rings. The van der Waals surface area contributed by atoms with E-state index in [1.54, 1.807) is 12.1 Å². The van der Waals surface area contributed by atoms with Gasteiger partial charge in [-0.25, -0.2) is 0 Å². The highest BCUT2D eigenvalue weighted by Gasteiger charge is 2.13. The number of phenols is 1. The molecule has 0 aliphatic heterocycles. The molecule has 1 amide bonds. The summed E-state index contributed by atoms with van der Waals surface area (Å²) < 4.78 is 5.49. The number of nitrogens with one attached hydrogen (secondary N) is 1. The van der Waals surface area contributed by atoms with Gasteiger partial charge in [0.1, 0.15) is 17.4 Å². The van der Waals surface area contributed by atoms with E-state index in [2.05, 4.69) is 5.32 Å². The summed E-state index contributed by atoms with van der Waals surface area (Å²) >= 11 is 12.4. The molecule has 0 heterocycles. The predicted octanol–water partition coefficient (Wildman–Crippen LogP) is 5.03. The molecule has 0 fully saturated rings. The summed E-state index contributed by atoms with van der Waals surface area (Å²) in [4.78, 5) is 12.3. The first-order valence-electron chi connectivity index (χ1n) is 7.78. The minimum Gasteiger partial charge on any atom is -0.508 e. The molecule has 0 spiro atoms. The van der Waals surface area contributed by atoms with Gasteiger partial charge in [0, 0.05) is 5.69 Å². The van der Waals surface area contributed by atoms with Crippen molar-refractivity contribution in [2.75, 3.05) is 11.9 Å². The number of benzene rings is 2. The van der Waals surface area contributed by atoms with Crippen molar-refractivity contribution in [2.45, 2.75) is 13.3 Å². The molecule has 2 N–H and O–H groups in total. The van der Waals surface area contributed by atoms with Crippen LogP contribution in [0.15, 0.2) is 42.0 Å². The molecule has 0 saturated heterocycles. The molecule has 2 rings (SSSR count). The van der Waals surface area contributed by atoms with E-state index in [0.717, 1.165) is 6.42 Å². The number of nitrogens with zero attached hydrogens (tertiary/aromatic N) is 1. The second-order valence-electron chi connectivity index (χ2n) is 5.33. The fourth-order valence-electron chi connectivity index (χ4n) is 2.06. The van der Waals surface area contributed by atoms with Crippen LogP contribution in [0.5, 0.6) is 11.5 Å². The van der Waals surface area contributed by atoms with E-state index in [1.165, 1.54) is 30.3 Å². The number of halogens is 2. The third kappa shape index (κ3) is 5.16. The van der Waals surface area contributed by atoms with Gasteiger partial charge < -0.3 is 15.2 Å². The molecule has 0 aliphatic carbocycles. The molecule has 0 radical (unpaired) electrons. The highest BCUT2D eigenvalue weighted by molar-refractivity contribution is 6.37. The first-order chi connectivity index (χ1) is 12.4. The molecular formula is C19H16Cl2N2O3. The number of nitriles is 1. The fourth-order valence-corrected chi connectivity index (χ4v) is 2.68. The lowest BCUT2D eigenvalue weighted by Crippen LogP contribution is -2.13. The zero-order valence-corrected chi connectivity index (χ0v) is 15.4. The third-order valence-electron chi connectivity index (χ3n) is 3.27. The molecule has 134 valence electrons. The molecule has 0 unspecified atom stereocenters. The Kier molecular flexibility index (Phi) is 6.90. The minimum atomic E-state index is -0.586. The molecular weight excluding hydrogens is 375 g/mol. The van der Waals surface area contributed by atoms with Crippen molar-refractivity contribution in [1.29, 1.82) is 5.26 Å². The molecule has 5 nitrogen and oxygen atoms in total. The molecule has 7 heteroatoms. The van der Waals surface area contributed by atoms with Crippen LogP contribution in [0.25, 0.3) is 6.08 Å². The van der Waals surface area contributed by atoms with Crippen molar-refractivity contribution >= 4 is 40.9 Å². The topological polar surface area (TPSA) is 82.3 Å². The summed E-state index contributed by atoms with van der Waals surface area (Å²) in [6.45, 7) is 2.44. The number of rotatable bonds is 6. The number of phenolic OH excluding ortho intramolecular Hbond substituents is 1. The smallest absolute Gasteiger partial charge is 0.266 e. The quantitative estimate of drug-likeness (QED) is 0.411. The van der Waals surface area contributed by atoms with E-state index in [1.807, 2.05) is 13.0 Å². The molecule has 26 heavy (non-hydrogen) atoms. The Morgan fingerprint density at radius 3 is 2.42 bits per heavy atom. The van der Waals surface area contributed by atoms with Crippen LogP contribution in [0, 0.1) is 11.3 Å². The molecule has 0 atom stereocenters. The van der Waals surface area contributed by atoms with Gasteiger partial charge in [-0.3, -0.25) is 4.79 Å². The van der Waals surface area contributed by atoms with Crippen LogP contribution in [0.4, 0.5) is 5.69 Å². The van der Waals surface area contributed by atoms with Gasteiger partial charge in [-0.2, -0.15) is 5.26 Å². The van der Waals surface area contributed by atoms with Gasteiger partial charge in [0.2, 0.25) is 0 Å². The first kappa shape index (κ1) is 19.6. The van der Waals surface area contributed by atoms with Crippen LogP contribution in [-0.4, -0.2) is 17.6 Å². The Morgan fingerprint density at radius 2 is 1.88 bits per heavy atom. The minimum absolute atomic E-state index is 0.0775. The maximum Gasteiger partial charge on any atom is 0.266 e. The molecule has 0 saturated carbocycles. The lowest BCUT2D eigenvalue weighted by atomic mass is 10.1. The average Bonchev–Trinajstić information content (AvgIpc) is 2.61. The highest BCUT2D eigenvalue weighted by Crippen LogP contribution is 2.35. The summed E-state index contributed by atoms with van der Waals surface area (Å²) in [7, 11) is 0. The Hall–Kier alpha value is -2.68. The van der Waals surface area contributed by atoms with Crippen LogP contribution in [0.2, 0.25) is 10.0 Å². The van der Waals surface area contributed by atoms with Crippen LogP contribution in [0.3, 0.4) is 0 Å². The van der Waals surface area contributed by atoms with Gasteiger partial charge in [-0.05, 0) is 54.5 Å². The predicted molar refractivity (Wildman–Crippen MR) is 103 cm³/mol. The standard InChI is InChI=1S/C19H16Cl2N2O3/c1-2-7-26-18-16(20)9-12(10-17(18)21)8-13(11-22)19(25)23-14-3-5-15(24)6-4-14/h3-6,8-10,24H,2,7H2,1H3,(H,23,25)/b13-8+. The number of aromatic hydroxyl groups is 1. The van der Waals surface area contributed by atoms with Crippen molar-refractivity contribution in [1.82, 2.24) is 0 Å². The molecule has 0 bridgehead atoms. The molecule has 2 aromatic carbocycles. The number of hydrogen-bond donors (Lipinski definition) is 2. The summed E-state index contributed by atoms with van der Waals surface area (Å²) in [6, 6.07) is 10.9. The lowest BCUT2D eigenvalue weighted by Gasteiger charge is -2.10. The van der Waals surface area contributed by atoms with E-state index in [0.29, 0.717) is 33.7 Å². The Bertz CT molecular complexity index is 848. The number of carbonyl (C=O) groups is 1. The van der Waals surface area contributed by atoms with Crippen molar-refractivity contribution in [3.05, 3.63) is 57.6 Å². The largest absolute Gasteiger partial charge is 0.508 e. The maximum absolute atomic E-state index is 12.3. The third-order valence-corrected chi connectivity index (χ3v) is 3.83. The van der Waals surface area contributed by atoms with Gasteiger partial charge in [0.05, 0.1) is 16.7 Å². The maximum atomic E-state index is 12.3. The normalized spacial score (nSPS) is 10.9. The zero-order chi connectivity index (χ0) is 19.1. The second-order valence-corrected chi connectivity index (χ2v) is 6.15. The van der Waals surface area contributed by atoms with Crippen molar-refractivity contribution < 1.29 is 14.6 Å². The zero-order valence-electron chi connectivity index (χ0n) is 13.9. The van der Waals surface area contributed by atoms with Crippen molar-refractivity contribution in [3.63, 3.8) is 0 Å². The summed E-state index contributed by atoms with van der Waals surface area (Å²) in [5.74, 6) is -0.134. The molecule has 2 aromatic rings. The fraction of sp³-hybridized carbons (Fsp3) is 0.158. The number of ether oxygens (including phenoxy) is 1. The van der Waals surface area contributed by atoms with Gasteiger partial charge in [0.25, 0.3) is 5.91 Å². The van der Waals surface area contributed by atoms with E-state index in [9.17, 15) is 15.2 Å². The number of anilines is 1. The highest BCUT2D eigenvalue weighted by atomic mass is 35.5. The monoisotopic (exact) mass is 390 g/mol. The van der Waals surface area contributed by atoms with E-state index < -0.39 is 5.91 Å². The van der Waals surface area contributed by atoms with Crippen LogP contribution in [-0.2, 0) is 4.79 Å². The van der Waals surface area contributed by atoms with E-state index >= 15 is 0 Å². The number of hydrogen-bond acceptors (Lipinski definition) is 4. The Morgan fingerprint density at radius 1 is 1.27 bits per heavy atom. The van der Waals surface area contributed by atoms with Gasteiger partial charge in [-0.15, -0.1) is 0 Å². The van der Waals surface area contributed by atoms with E-state index in [-0.39, 0.29) is 11.3 Å². The SMILES string of the molecule is CCCOc1c(Cl)cc(/C=C(\C#N)C(=O)Nc2ccc(O)cc2)cc1Cl. The Balaban J connectivity index is 2.23. The summed E-state index contributed by atoms with van der Waals surface area (Å²) in [5.41, 5.74) is 0.835.